The molecule has 31 heavy (non-hydrogen) atoms. The van der Waals surface area contributed by atoms with Crippen molar-refractivity contribution >= 4 is 17.8 Å². The Hall–Kier alpha value is -3.10. The summed E-state index contributed by atoms with van der Waals surface area (Å²) < 4.78 is 5.42. The Morgan fingerprint density at radius 2 is 1.94 bits per heavy atom. The van der Waals surface area contributed by atoms with Crippen molar-refractivity contribution in [1.82, 2.24) is 20.1 Å². The molecule has 1 saturated heterocycles. The number of hydrogen-bond acceptors (Lipinski definition) is 6. The van der Waals surface area contributed by atoms with Gasteiger partial charge in [-0.05, 0) is 39.3 Å². The molecule has 3 rings (SSSR count). The van der Waals surface area contributed by atoms with Crippen molar-refractivity contribution < 1.29 is 14.3 Å². The van der Waals surface area contributed by atoms with Crippen LogP contribution in [0.1, 0.15) is 39.2 Å². The third kappa shape index (κ3) is 5.74. The number of urea groups is 1. The van der Waals surface area contributed by atoms with Gasteiger partial charge >= 0.3 is 12.1 Å². The minimum Gasteiger partial charge on any atom is -0.444 e. The van der Waals surface area contributed by atoms with Crippen molar-refractivity contribution in [2.45, 2.75) is 45.3 Å². The number of carbonyl (C=O) groups is 2. The summed E-state index contributed by atoms with van der Waals surface area (Å²) >= 11 is 0. The first-order valence-electron chi connectivity index (χ1n) is 10.6. The van der Waals surface area contributed by atoms with E-state index in [-0.39, 0.29) is 18.2 Å². The van der Waals surface area contributed by atoms with Gasteiger partial charge in [0.05, 0.1) is 12.3 Å². The van der Waals surface area contributed by atoms with E-state index in [0.29, 0.717) is 39.0 Å². The first kappa shape index (κ1) is 22.6. The van der Waals surface area contributed by atoms with Crippen LogP contribution in [0, 0.1) is 0 Å². The molecule has 3 amide bonds. The predicted molar refractivity (Wildman–Crippen MR) is 119 cm³/mol. The zero-order valence-electron chi connectivity index (χ0n) is 18.7. The standard InChI is InChI=1S/C22H32N6O3/c1-22(2,3)31-21(30)28-11-7-16(13-28)26-20(29)27-12-8-18(23)17(14-27)19(24-4)15-5-9-25-10-6-15/h5-6,9-10,16H,7-8,11-14,23H2,1-4H3,(H,26,29)/b24-19-. The average molecular weight is 429 g/mol. The zero-order valence-corrected chi connectivity index (χ0v) is 18.7. The lowest BCUT2D eigenvalue weighted by molar-refractivity contribution is 0.0291. The Morgan fingerprint density at radius 3 is 2.58 bits per heavy atom. The number of aromatic nitrogens is 1. The van der Waals surface area contributed by atoms with Crippen molar-refractivity contribution in [3.05, 3.63) is 41.4 Å². The maximum absolute atomic E-state index is 12.9. The van der Waals surface area contributed by atoms with E-state index in [1.54, 1.807) is 29.2 Å². The van der Waals surface area contributed by atoms with E-state index in [4.69, 9.17) is 10.5 Å². The molecule has 0 radical (unpaired) electrons. The molecule has 9 heteroatoms. The monoisotopic (exact) mass is 428 g/mol. The molecule has 1 atom stereocenters. The molecule has 0 saturated carbocycles. The molecule has 1 unspecified atom stereocenters. The molecule has 168 valence electrons. The number of amides is 3. The van der Waals surface area contributed by atoms with E-state index in [2.05, 4.69) is 15.3 Å². The highest BCUT2D eigenvalue weighted by atomic mass is 16.6. The summed E-state index contributed by atoms with van der Waals surface area (Å²) in [6.07, 6.45) is 4.35. The van der Waals surface area contributed by atoms with Crippen LogP contribution in [-0.2, 0) is 4.74 Å². The summed E-state index contributed by atoms with van der Waals surface area (Å²) in [5.74, 6) is 0. The number of rotatable bonds is 3. The number of nitrogens with one attached hydrogen (secondary N) is 1. The van der Waals surface area contributed by atoms with Crippen LogP contribution in [0.5, 0.6) is 0 Å². The van der Waals surface area contributed by atoms with Crippen molar-refractivity contribution in [1.29, 1.82) is 0 Å². The molecule has 2 aliphatic rings. The first-order valence-corrected chi connectivity index (χ1v) is 10.6. The molecule has 0 aromatic carbocycles. The molecule has 0 spiro atoms. The van der Waals surface area contributed by atoms with E-state index in [1.165, 1.54) is 0 Å². The van der Waals surface area contributed by atoms with Gasteiger partial charge in [0.1, 0.15) is 5.60 Å². The Balaban J connectivity index is 1.60. The fourth-order valence-corrected chi connectivity index (χ4v) is 3.76. The van der Waals surface area contributed by atoms with Crippen LogP contribution in [0.4, 0.5) is 9.59 Å². The molecule has 1 aromatic rings. The smallest absolute Gasteiger partial charge is 0.410 e. The highest BCUT2D eigenvalue weighted by Crippen LogP contribution is 2.20. The summed E-state index contributed by atoms with van der Waals surface area (Å²) in [6, 6.07) is 3.49. The Morgan fingerprint density at radius 1 is 1.23 bits per heavy atom. The van der Waals surface area contributed by atoms with Crippen molar-refractivity contribution in [3.63, 3.8) is 0 Å². The summed E-state index contributed by atoms with van der Waals surface area (Å²) in [5.41, 5.74) is 9.05. The van der Waals surface area contributed by atoms with Gasteiger partial charge in [-0.2, -0.15) is 0 Å². The molecular formula is C22H32N6O3. The molecule has 3 heterocycles. The SMILES string of the molecule is C/N=C(\C1=C(N)CCN(C(=O)NC2CCN(C(=O)OC(C)(C)C)C2)C1)c1ccncc1. The third-order valence-electron chi connectivity index (χ3n) is 5.31. The van der Waals surface area contributed by atoms with Gasteiger partial charge in [-0.15, -0.1) is 0 Å². The minimum atomic E-state index is -0.539. The fraction of sp³-hybridized carbons (Fsp3) is 0.545. The van der Waals surface area contributed by atoms with Gasteiger partial charge in [-0.1, -0.05) is 0 Å². The van der Waals surface area contributed by atoms with Gasteiger partial charge in [0.15, 0.2) is 0 Å². The van der Waals surface area contributed by atoms with Gasteiger partial charge in [-0.3, -0.25) is 9.98 Å². The summed E-state index contributed by atoms with van der Waals surface area (Å²) in [4.78, 5) is 37.0. The Labute approximate surface area is 183 Å². The number of nitrogens with two attached hydrogens (primary N) is 1. The molecule has 9 nitrogen and oxygen atoms in total. The topological polar surface area (TPSA) is 113 Å². The molecule has 1 aromatic heterocycles. The van der Waals surface area contributed by atoms with Crippen LogP contribution in [-0.4, -0.2) is 77.5 Å². The first-order chi connectivity index (χ1) is 14.7. The number of aliphatic imine (C=N–C) groups is 1. The van der Waals surface area contributed by atoms with Crippen molar-refractivity contribution in [2.24, 2.45) is 10.7 Å². The average Bonchev–Trinajstić information content (AvgIpc) is 3.18. The summed E-state index contributed by atoms with van der Waals surface area (Å²) in [5, 5.41) is 3.05. The van der Waals surface area contributed by atoms with Crippen LogP contribution in [0.2, 0.25) is 0 Å². The minimum absolute atomic E-state index is 0.105. The summed E-state index contributed by atoms with van der Waals surface area (Å²) in [7, 11) is 1.72. The normalized spacial score (nSPS) is 20.1. The van der Waals surface area contributed by atoms with Crippen molar-refractivity contribution in [3.8, 4) is 0 Å². The van der Waals surface area contributed by atoms with E-state index in [0.717, 1.165) is 22.5 Å². The lowest BCUT2D eigenvalue weighted by atomic mass is 9.97. The molecule has 0 bridgehead atoms. The van der Waals surface area contributed by atoms with E-state index >= 15 is 0 Å². The van der Waals surface area contributed by atoms with E-state index in [1.807, 2.05) is 32.9 Å². The lowest BCUT2D eigenvalue weighted by Crippen LogP contribution is -2.49. The second kappa shape index (κ2) is 9.36. The molecule has 0 aliphatic carbocycles. The largest absolute Gasteiger partial charge is 0.444 e. The Bertz CT molecular complexity index is 875. The quantitative estimate of drug-likeness (QED) is 0.716. The van der Waals surface area contributed by atoms with Gasteiger partial charge in [-0.25, -0.2) is 9.59 Å². The van der Waals surface area contributed by atoms with Gasteiger partial charge in [0.2, 0.25) is 0 Å². The zero-order chi connectivity index (χ0) is 22.6. The fourth-order valence-electron chi connectivity index (χ4n) is 3.76. The number of pyridine rings is 1. The molecule has 3 N–H and O–H groups in total. The predicted octanol–water partition coefficient (Wildman–Crippen LogP) is 2.14. The Kier molecular flexibility index (Phi) is 6.82. The maximum atomic E-state index is 12.9. The molecule has 2 aliphatic heterocycles. The van der Waals surface area contributed by atoms with Crippen molar-refractivity contribution in [2.75, 3.05) is 33.2 Å². The van der Waals surface area contributed by atoms with Crippen LogP contribution in [0.3, 0.4) is 0 Å². The number of nitrogens with zero attached hydrogens (tertiary/aromatic N) is 4. The number of likely N-dealkylation sites (tertiary alicyclic amines) is 1. The molecule has 1 fully saturated rings. The summed E-state index contributed by atoms with van der Waals surface area (Å²) in [6.45, 7) is 7.45. The highest BCUT2D eigenvalue weighted by Gasteiger charge is 2.32. The maximum Gasteiger partial charge on any atom is 0.410 e. The van der Waals surface area contributed by atoms with Crippen LogP contribution in [0.15, 0.2) is 40.8 Å². The van der Waals surface area contributed by atoms with Crippen LogP contribution >= 0.6 is 0 Å². The van der Waals surface area contributed by atoms with Crippen LogP contribution in [0.25, 0.3) is 0 Å². The number of carbonyl (C=O) groups excluding carboxylic acids is 2. The third-order valence-corrected chi connectivity index (χ3v) is 5.31. The highest BCUT2D eigenvalue weighted by molar-refractivity contribution is 6.13. The van der Waals surface area contributed by atoms with Gasteiger partial charge < -0.3 is 25.6 Å². The van der Waals surface area contributed by atoms with E-state index < -0.39 is 5.60 Å². The van der Waals surface area contributed by atoms with Crippen LogP contribution < -0.4 is 11.1 Å². The lowest BCUT2D eigenvalue weighted by Gasteiger charge is -2.31. The number of ether oxygens (including phenoxy) is 1. The molecular weight excluding hydrogens is 396 g/mol. The van der Waals surface area contributed by atoms with Gasteiger partial charge in [0, 0.05) is 68.4 Å². The number of hydrogen-bond donors (Lipinski definition) is 2. The second-order valence-corrected chi connectivity index (χ2v) is 8.84. The van der Waals surface area contributed by atoms with E-state index in [9.17, 15) is 9.59 Å². The second-order valence-electron chi connectivity index (χ2n) is 8.84. The van der Waals surface area contributed by atoms with Gasteiger partial charge in [0.25, 0.3) is 0 Å².